The molecule has 0 aliphatic rings. The Labute approximate surface area is 135 Å². The van der Waals surface area contributed by atoms with Gasteiger partial charge in [-0.15, -0.1) is 0 Å². The highest BCUT2D eigenvalue weighted by Crippen LogP contribution is 2.15. The van der Waals surface area contributed by atoms with Gasteiger partial charge >= 0.3 is 17.9 Å². The first kappa shape index (κ1) is 21.4. The smallest absolute Gasteiger partial charge is 0.337 e. The van der Waals surface area contributed by atoms with Crippen molar-refractivity contribution in [2.45, 2.75) is 0 Å². The van der Waals surface area contributed by atoms with E-state index < -0.39 is 34.6 Å². The van der Waals surface area contributed by atoms with Gasteiger partial charge in [-0.2, -0.15) is 0 Å². The number of nitrogens with one attached hydrogen (secondary N) is 1. The summed E-state index contributed by atoms with van der Waals surface area (Å²) in [5.41, 5.74) is 0.278. The molecule has 11 nitrogen and oxygen atoms in total. The first-order valence-electron chi connectivity index (χ1n) is 6.40. The largest absolute Gasteiger partial charge is 0.478 e. The minimum atomic E-state index is -1.58. The molecule has 1 rings (SSSR count). The van der Waals surface area contributed by atoms with Gasteiger partial charge in [-0.3, -0.25) is 9.68 Å². The SMILES string of the molecule is O=C(O)c1cccc(C(=O)O)c1C(=O)O.OCCONOCCO. The maximum atomic E-state index is 10.7. The summed E-state index contributed by atoms with van der Waals surface area (Å²) in [4.78, 5) is 40.9. The zero-order chi connectivity index (χ0) is 18.5. The lowest BCUT2D eigenvalue weighted by Crippen LogP contribution is -2.19. The van der Waals surface area contributed by atoms with Gasteiger partial charge in [-0.05, 0) is 12.1 Å². The van der Waals surface area contributed by atoms with Crippen LogP contribution in [0.4, 0.5) is 0 Å². The summed E-state index contributed by atoms with van der Waals surface area (Å²) in [7, 11) is 0. The second kappa shape index (κ2) is 11.9. The summed E-state index contributed by atoms with van der Waals surface area (Å²) in [6.45, 7) is 0.224. The summed E-state index contributed by atoms with van der Waals surface area (Å²) in [6, 6.07) is 3.26. The van der Waals surface area contributed by atoms with Crippen LogP contribution in [-0.2, 0) is 9.68 Å². The van der Waals surface area contributed by atoms with Gasteiger partial charge in [0.05, 0.1) is 43.1 Å². The van der Waals surface area contributed by atoms with Crippen LogP contribution < -0.4 is 5.64 Å². The van der Waals surface area contributed by atoms with E-state index in [9.17, 15) is 14.4 Å². The van der Waals surface area contributed by atoms with Crippen molar-refractivity contribution < 1.29 is 49.6 Å². The monoisotopic (exact) mass is 347 g/mol. The molecule has 134 valence electrons. The van der Waals surface area contributed by atoms with Crippen molar-refractivity contribution >= 4 is 17.9 Å². The number of rotatable bonds is 9. The van der Waals surface area contributed by atoms with Crippen molar-refractivity contribution in [3.63, 3.8) is 0 Å². The fraction of sp³-hybridized carbons (Fsp3) is 0.308. The van der Waals surface area contributed by atoms with Crippen LogP contribution in [0, 0.1) is 0 Å². The molecule has 0 radical (unpaired) electrons. The Bertz CT molecular complexity index is 521. The first-order chi connectivity index (χ1) is 11.4. The molecule has 0 amide bonds. The zero-order valence-electron chi connectivity index (χ0n) is 12.3. The average Bonchev–Trinajstić information content (AvgIpc) is 2.54. The van der Waals surface area contributed by atoms with Crippen molar-refractivity contribution in [3.05, 3.63) is 34.9 Å². The molecule has 0 saturated carbocycles. The highest BCUT2D eigenvalue weighted by atomic mass is 16.9. The van der Waals surface area contributed by atoms with Crippen molar-refractivity contribution in [2.75, 3.05) is 26.4 Å². The summed E-state index contributed by atoms with van der Waals surface area (Å²) in [5, 5.41) is 42.4. The number of carboxylic acid groups (broad SMARTS) is 3. The van der Waals surface area contributed by atoms with Crippen LogP contribution in [0.25, 0.3) is 0 Å². The Morgan fingerprint density at radius 2 is 1.25 bits per heavy atom. The first-order valence-corrected chi connectivity index (χ1v) is 6.40. The van der Waals surface area contributed by atoms with Crippen LogP contribution in [0.15, 0.2) is 18.2 Å². The maximum Gasteiger partial charge on any atom is 0.337 e. The number of aromatic carboxylic acids is 3. The second-order valence-corrected chi connectivity index (χ2v) is 3.87. The van der Waals surface area contributed by atoms with Crippen LogP contribution in [0.1, 0.15) is 31.1 Å². The molecule has 0 saturated heterocycles. The third-order valence-electron chi connectivity index (χ3n) is 2.24. The van der Waals surface area contributed by atoms with E-state index in [2.05, 4.69) is 15.3 Å². The van der Waals surface area contributed by atoms with Gasteiger partial charge in [0.1, 0.15) is 0 Å². The molecular weight excluding hydrogens is 330 g/mol. The van der Waals surface area contributed by atoms with Crippen molar-refractivity contribution in [2.24, 2.45) is 0 Å². The van der Waals surface area contributed by atoms with E-state index in [0.29, 0.717) is 0 Å². The topological polar surface area (TPSA) is 183 Å². The summed E-state index contributed by atoms with van der Waals surface area (Å²) >= 11 is 0. The Morgan fingerprint density at radius 1 is 0.833 bits per heavy atom. The van der Waals surface area contributed by atoms with Crippen molar-refractivity contribution in [1.29, 1.82) is 0 Å². The van der Waals surface area contributed by atoms with E-state index in [1.165, 1.54) is 6.07 Å². The minimum absolute atomic E-state index is 0.0600. The molecule has 24 heavy (non-hydrogen) atoms. The van der Waals surface area contributed by atoms with Crippen LogP contribution in [0.2, 0.25) is 0 Å². The number of carboxylic acids is 3. The lowest BCUT2D eigenvalue weighted by atomic mass is 10.0. The van der Waals surface area contributed by atoms with Gasteiger partial charge in [0.2, 0.25) is 0 Å². The quantitative estimate of drug-likeness (QED) is 0.243. The molecule has 0 unspecified atom stereocenters. The Hall–Kier alpha value is -2.57. The predicted octanol–water partition coefficient (Wildman–Crippen LogP) is -0.795. The van der Waals surface area contributed by atoms with E-state index in [1.54, 1.807) is 0 Å². The molecule has 0 bridgehead atoms. The lowest BCUT2D eigenvalue weighted by Gasteiger charge is -2.04. The fourth-order valence-electron chi connectivity index (χ4n) is 1.36. The highest BCUT2D eigenvalue weighted by molar-refractivity contribution is 6.08. The van der Waals surface area contributed by atoms with Gasteiger partial charge < -0.3 is 25.5 Å². The molecule has 1 aromatic rings. The molecule has 0 aliphatic carbocycles. The maximum absolute atomic E-state index is 10.7. The molecule has 0 atom stereocenters. The summed E-state index contributed by atoms with van der Waals surface area (Å²) in [5.74, 6) is -4.53. The standard InChI is InChI=1S/C9H6O6.C4H11NO4/c10-7(11)4-2-1-3-5(8(12)13)6(4)9(14)15;6-1-3-8-5-9-4-2-7/h1-3H,(H,10,11)(H,12,13)(H,14,15);5-7H,1-4H2. The van der Waals surface area contributed by atoms with Gasteiger partial charge in [0.15, 0.2) is 0 Å². The summed E-state index contributed by atoms with van der Waals surface area (Å²) in [6.07, 6.45) is 0. The molecule has 0 fully saturated rings. The molecule has 1 aromatic carbocycles. The van der Waals surface area contributed by atoms with Gasteiger partial charge in [0.25, 0.3) is 0 Å². The molecule has 6 N–H and O–H groups in total. The van der Waals surface area contributed by atoms with Crippen LogP contribution in [-0.4, -0.2) is 69.9 Å². The third-order valence-corrected chi connectivity index (χ3v) is 2.24. The number of hydrogen-bond donors (Lipinski definition) is 6. The highest BCUT2D eigenvalue weighted by Gasteiger charge is 2.22. The Morgan fingerprint density at radius 3 is 1.54 bits per heavy atom. The average molecular weight is 347 g/mol. The van der Waals surface area contributed by atoms with E-state index in [-0.39, 0.29) is 26.4 Å². The number of benzene rings is 1. The molecule has 0 aliphatic heterocycles. The van der Waals surface area contributed by atoms with E-state index in [4.69, 9.17) is 25.5 Å². The van der Waals surface area contributed by atoms with Crippen LogP contribution in [0.5, 0.6) is 0 Å². The number of aliphatic hydroxyl groups is 2. The predicted molar refractivity (Wildman–Crippen MR) is 76.5 cm³/mol. The number of hydrogen-bond acceptors (Lipinski definition) is 8. The third kappa shape index (κ3) is 7.62. The van der Waals surface area contributed by atoms with Crippen LogP contribution >= 0.6 is 0 Å². The van der Waals surface area contributed by atoms with E-state index in [0.717, 1.165) is 12.1 Å². The number of aliphatic hydroxyl groups excluding tert-OH is 2. The second-order valence-electron chi connectivity index (χ2n) is 3.87. The number of carbonyl (C=O) groups is 3. The van der Waals surface area contributed by atoms with Crippen molar-refractivity contribution in [3.8, 4) is 0 Å². The fourth-order valence-corrected chi connectivity index (χ4v) is 1.36. The lowest BCUT2D eigenvalue weighted by molar-refractivity contribution is -0.178. The van der Waals surface area contributed by atoms with Gasteiger partial charge in [-0.1, -0.05) is 11.7 Å². The zero-order valence-corrected chi connectivity index (χ0v) is 12.3. The normalized spacial score (nSPS) is 9.75. The van der Waals surface area contributed by atoms with Crippen molar-refractivity contribution in [1.82, 2.24) is 5.64 Å². The van der Waals surface area contributed by atoms with E-state index in [1.807, 2.05) is 0 Å². The Balaban J connectivity index is 0.000000506. The van der Waals surface area contributed by atoms with Gasteiger partial charge in [-0.25, -0.2) is 14.4 Å². The Kier molecular flexibility index (Phi) is 10.6. The molecule has 0 spiro atoms. The molecule has 0 aromatic heterocycles. The van der Waals surface area contributed by atoms with Crippen LogP contribution in [0.3, 0.4) is 0 Å². The minimum Gasteiger partial charge on any atom is -0.478 e. The van der Waals surface area contributed by atoms with E-state index >= 15 is 0 Å². The van der Waals surface area contributed by atoms with Gasteiger partial charge in [0, 0.05) is 0 Å². The molecule has 0 heterocycles. The molecular formula is C13H17NO10. The molecule has 11 heteroatoms. The summed E-state index contributed by atoms with van der Waals surface area (Å²) < 4.78 is 0.